The molecule has 4 heterocycles. The number of nitrogens with one attached hydrogen (secondary N) is 2. The Morgan fingerprint density at radius 3 is 2.92 bits per heavy atom. The molecule has 0 bridgehead atoms. The Morgan fingerprint density at radius 2 is 2.16 bits per heavy atom. The van der Waals surface area contributed by atoms with E-state index in [9.17, 15) is 4.79 Å². The van der Waals surface area contributed by atoms with E-state index in [4.69, 9.17) is 0 Å². The minimum absolute atomic E-state index is 0. The molecule has 7 nitrogen and oxygen atoms in total. The maximum Gasteiger partial charge on any atom is 0.279 e. The Morgan fingerprint density at radius 1 is 1.32 bits per heavy atom. The van der Waals surface area contributed by atoms with Gasteiger partial charge in [0.15, 0.2) is 10.8 Å². The second kappa shape index (κ2) is 8.05. The number of rotatable bonds is 4. The van der Waals surface area contributed by atoms with Gasteiger partial charge in [-0.25, -0.2) is 9.67 Å². The molecule has 1 aliphatic rings. The highest BCUT2D eigenvalue weighted by molar-refractivity contribution is 7.16. The number of thiazole rings is 1. The molecule has 25 heavy (non-hydrogen) atoms. The summed E-state index contributed by atoms with van der Waals surface area (Å²) in [6, 6.07) is 4.30. The van der Waals surface area contributed by atoms with Crippen LogP contribution in [0.2, 0.25) is 0 Å². The van der Waals surface area contributed by atoms with E-state index >= 15 is 0 Å². The average molecular weight is 397 g/mol. The summed E-state index contributed by atoms with van der Waals surface area (Å²) in [4.78, 5) is 17.9. The van der Waals surface area contributed by atoms with Crippen molar-refractivity contribution in [3.8, 4) is 10.6 Å². The molecule has 0 unspecified atom stereocenters. The molecular formula is C15H17ClN6OS2. The molecular weight excluding hydrogens is 380 g/mol. The summed E-state index contributed by atoms with van der Waals surface area (Å²) in [5.74, 6) is -0.276. The van der Waals surface area contributed by atoms with Crippen LogP contribution in [0.4, 0.5) is 5.13 Å². The highest BCUT2D eigenvalue weighted by atomic mass is 35.5. The van der Waals surface area contributed by atoms with Crippen molar-refractivity contribution >= 4 is 46.1 Å². The van der Waals surface area contributed by atoms with Crippen molar-refractivity contribution < 1.29 is 4.79 Å². The minimum atomic E-state index is -0.276. The van der Waals surface area contributed by atoms with Crippen molar-refractivity contribution in [3.05, 3.63) is 34.8 Å². The standard InChI is InChI=1S/C15H16N6OS2.ClH/c22-14(11-8-21(20-19-11)10-3-5-16-6-4-10)18-15-17-12(9-24-15)13-2-1-7-23-13;/h1-2,7-10,16H,3-6H2,(H,17,18,22);1H. The summed E-state index contributed by atoms with van der Waals surface area (Å²) in [7, 11) is 0. The highest BCUT2D eigenvalue weighted by Gasteiger charge is 2.19. The Hall–Kier alpha value is -1.81. The number of halogens is 1. The third-order valence-electron chi connectivity index (χ3n) is 3.92. The zero-order valence-corrected chi connectivity index (χ0v) is 15.7. The van der Waals surface area contributed by atoms with Gasteiger partial charge in [-0.05, 0) is 37.4 Å². The van der Waals surface area contributed by atoms with Gasteiger partial charge in [0.1, 0.15) is 0 Å². The molecule has 3 aromatic heterocycles. The first-order chi connectivity index (χ1) is 11.8. The van der Waals surface area contributed by atoms with Crippen molar-refractivity contribution in [2.24, 2.45) is 0 Å². The maximum atomic E-state index is 12.3. The molecule has 0 aliphatic carbocycles. The van der Waals surface area contributed by atoms with E-state index in [-0.39, 0.29) is 18.3 Å². The predicted octanol–water partition coefficient (Wildman–Crippen LogP) is 3.06. The Bertz CT molecular complexity index is 825. The normalized spacial score (nSPS) is 14.9. The molecule has 1 amide bonds. The highest BCUT2D eigenvalue weighted by Crippen LogP contribution is 2.28. The molecule has 1 aliphatic heterocycles. The van der Waals surface area contributed by atoms with Gasteiger partial charge < -0.3 is 5.32 Å². The summed E-state index contributed by atoms with van der Waals surface area (Å²) >= 11 is 3.03. The summed E-state index contributed by atoms with van der Waals surface area (Å²) in [6.07, 6.45) is 3.72. The fraction of sp³-hybridized carbons (Fsp3) is 0.333. The fourth-order valence-electron chi connectivity index (χ4n) is 2.66. The van der Waals surface area contributed by atoms with Crippen LogP contribution < -0.4 is 10.6 Å². The number of hydrogen-bond acceptors (Lipinski definition) is 7. The molecule has 4 rings (SSSR count). The number of piperidine rings is 1. The van der Waals surface area contributed by atoms with Crippen LogP contribution in [0.5, 0.6) is 0 Å². The Balaban J connectivity index is 0.00000182. The third-order valence-corrected chi connectivity index (χ3v) is 5.57. The summed E-state index contributed by atoms with van der Waals surface area (Å²) in [6.45, 7) is 1.94. The number of anilines is 1. The van der Waals surface area contributed by atoms with E-state index in [0.717, 1.165) is 36.5 Å². The fourth-order valence-corrected chi connectivity index (χ4v) is 4.13. The van der Waals surface area contributed by atoms with Gasteiger partial charge in [0, 0.05) is 5.38 Å². The number of thiophene rings is 1. The number of carbonyl (C=O) groups is 1. The van der Waals surface area contributed by atoms with E-state index in [1.165, 1.54) is 11.3 Å². The van der Waals surface area contributed by atoms with Gasteiger partial charge in [0.2, 0.25) is 0 Å². The summed E-state index contributed by atoms with van der Waals surface area (Å²) < 4.78 is 1.80. The Labute approximate surface area is 158 Å². The average Bonchev–Trinajstić information content (AvgIpc) is 3.36. The largest absolute Gasteiger partial charge is 0.317 e. The van der Waals surface area contributed by atoms with E-state index < -0.39 is 0 Å². The zero-order valence-electron chi connectivity index (χ0n) is 13.2. The quantitative estimate of drug-likeness (QED) is 0.707. The van der Waals surface area contributed by atoms with Gasteiger partial charge in [-0.15, -0.1) is 40.2 Å². The van der Waals surface area contributed by atoms with Crippen LogP contribution in [0.15, 0.2) is 29.1 Å². The SMILES string of the molecule is Cl.O=C(Nc1nc(-c2cccs2)cs1)c1cn(C2CCNCC2)nn1. The number of amides is 1. The smallest absolute Gasteiger partial charge is 0.279 e. The van der Waals surface area contributed by atoms with Crippen LogP contribution in [-0.4, -0.2) is 39.0 Å². The first kappa shape index (κ1) is 18.0. The second-order valence-electron chi connectivity index (χ2n) is 5.53. The van der Waals surface area contributed by atoms with E-state index in [1.54, 1.807) is 22.2 Å². The van der Waals surface area contributed by atoms with Crippen LogP contribution in [0, 0.1) is 0 Å². The molecule has 0 aromatic carbocycles. The summed E-state index contributed by atoms with van der Waals surface area (Å²) in [5, 5.41) is 18.7. The van der Waals surface area contributed by atoms with Crippen LogP contribution in [0.1, 0.15) is 29.4 Å². The molecule has 1 saturated heterocycles. The molecule has 0 atom stereocenters. The van der Waals surface area contributed by atoms with Crippen LogP contribution >= 0.6 is 35.1 Å². The lowest BCUT2D eigenvalue weighted by Gasteiger charge is -2.21. The zero-order chi connectivity index (χ0) is 16.4. The predicted molar refractivity (Wildman–Crippen MR) is 102 cm³/mol. The van der Waals surface area contributed by atoms with Crippen molar-refractivity contribution in [3.63, 3.8) is 0 Å². The van der Waals surface area contributed by atoms with Gasteiger partial charge >= 0.3 is 0 Å². The molecule has 1 fully saturated rings. The van der Waals surface area contributed by atoms with Crippen molar-refractivity contribution in [1.82, 2.24) is 25.3 Å². The number of hydrogen-bond donors (Lipinski definition) is 2. The monoisotopic (exact) mass is 396 g/mol. The first-order valence-electron chi connectivity index (χ1n) is 7.73. The Kier molecular flexibility index (Phi) is 5.79. The van der Waals surface area contributed by atoms with Gasteiger partial charge in [0.25, 0.3) is 5.91 Å². The number of aromatic nitrogens is 4. The van der Waals surface area contributed by atoms with Gasteiger partial charge in [0.05, 0.1) is 22.8 Å². The van der Waals surface area contributed by atoms with Crippen molar-refractivity contribution in [1.29, 1.82) is 0 Å². The second-order valence-corrected chi connectivity index (χ2v) is 7.34. The van der Waals surface area contributed by atoms with Crippen LogP contribution in [-0.2, 0) is 0 Å². The number of nitrogens with zero attached hydrogens (tertiary/aromatic N) is 4. The van der Waals surface area contributed by atoms with E-state index in [0.29, 0.717) is 16.9 Å². The molecule has 132 valence electrons. The topological polar surface area (TPSA) is 84.7 Å². The lowest BCUT2D eigenvalue weighted by atomic mass is 10.1. The first-order valence-corrected chi connectivity index (χ1v) is 9.49. The molecule has 0 radical (unpaired) electrons. The van der Waals surface area contributed by atoms with Gasteiger partial charge in [-0.1, -0.05) is 11.3 Å². The molecule has 10 heteroatoms. The van der Waals surface area contributed by atoms with Crippen molar-refractivity contribution in [2.75, 3.05) is 18.4 Å². The van der Waals surface area contributed by atoms with Crippen LogP contribution in [0.25, 0.3) is 10.6 Å². The maximum absolute atomic E-state index is 12.3. The van der Waals surface area contributed by atoms with Gasteiger partial charge in [-0.2, -0.15) is 0 Å². The van der Waals surface area contributed by atoms with Gasteiger partial charge in [-0.3, -0.25) is 10.1 Å². The van der Waals surface area contributed by atoms with Crippen molar-refractivity contribution in [2.45, 2.75) is 18.9 Å². The molecule has 0 spiro atoms. The van der Waals surface area contributed by atoms with Crippen LogP contribution in [0.3, 0.4) is 0 Å². The number of carbonyl (C=O) groups excluding carboxylic acids is 1. The lowest BCUT2D eigenvalue weighted by Crippen LogP contribution is -2.29. The van der Waals surface area contributed by atoms with E-state index in [1.807, 2.05) is 22.9 Å². The minimum Gasteiger partial charge on any atom is -0.317 e. The molecule has 0 saturated carbocycles. The summed E-state index contributed by atoms with van der Waals surface area (Å²) in [5.41, 5.74) is 1.20. The molecule has 2 N–H and O–H groups in total. The van der Waals surface area contributed by atoms with E-state index in [2.05, 4.69) is 25.9 Å². The molecule has 3 aromatic rings. The lowest BCUT2D eigenvalue weighted by molar-refractivity contribution is 0.102. The third kappa shape index (κ3) is 4.06.